The summed E-state index contributed by atoms with van der Waals surface area (Å²) in [6, 6.07) is 0.327. The number of aliphatic carboxylic acids is 1. The van der Waals surface area contributed by atoms with E-state index in [1.807, 2.05) is 0 Å². The lowest BCUT2D eigenvalue weighted by molar-refractivity contribution is -0.145. The Hall–Kier alpha value is -0.610. The molecule has 1 heterocycles. The summed E-state index contributed by atoms with van der Waals surface area (Å²) in [4.78, 5) is 11.3. The SMILES string of the molecule is O=C(O)C1(NC2CCOCC2)CCCC1. The maximum atomic E-state index is 11.3. The van der Waals surface area contributed by atoms with E-state index in [1.165, 1.54) is 0 Å². The predicted octanol–water partition coefficient (Wildman–Crippen LogP) is 1.15. The summed E-state index contributed by atoms with van der Waals surface area (Å²) in [6.07, 6.45) is 5.49. The normalized spacial score (nSPS) is 26.7. The number of ether oxygens (including phenoxy) is 1. The molecule has 4 nitrogen and oxygen atoms in total. The molecule has 0 aromatic carbocycles. The molecule has 2 aliphatic rings. The summed E-state index contributed by atoms with van der Waals surface area (Å²) in [6.45, 7) is 1.51. The zero-order chi connectivity index (χ0) is 10.7. The molecular formula is C11H19NO3. The molecule has 2 N–H and O–H groups in total. The van der Waals surface area contributed by atoms with Crippen LogP contribution in [0.25, 0.3) is 0 Å². The Morgan fingerprint density at radius 2 is 1.87 bits per heavy atom. The predicted molar refractivity (Wildman–Crippen MR) is 55.8 cm³/mol. The number of nitrogens with one attached hydrogen (secondary N) is 1. The van der Waals surface area contributed by atoms with Crippen molar-refractivity contribution < 1.29 is 14.6 Å². The van der Waals surface area contributed by atoms with Crippen LogP contribution >= 0.6 is 0 Å². The van der Waals surface area contributed by atoms with Gasteiger partial charge in [0.25, 0.3) is 0 Å². The second-order valence-corrected chi connectivity index (χ2v) is 4.63. The fraction of sp³-hybridized carbons (Fsp3) is 0.909. The van der Waals surface area contributed by atoms with Crippen LogP contribution in [0.2, 0.25) is 0 Å². The minimum atomic E-state index is -0.675. The minimum absolute atomic E-state index is 0.327. The summed E-state index contributed by atoms with van der Waals surface area (Å²) >= 11 is 0. The van der Waals surface area contributed by atoms with Gasteiger partial charge in [-0.15, -0.1) is 0 Å². The van der Waals surface area contributed by atoms with E-state index in [0.717, 1.165) is 51.7 Å². The van der Waals surface area contributed by atoms with Gasteiger partial charge >= 0.3 is 5.97 Å². The van der Waals surface area contributed by atoms with E-state index in [1.54, 1.807) is 0 Å². The van der Waals surface area contributed by atoms with Crippen LogP contribution in [0.1, 0.15) is 38.5 Å². The fourth-order valence-electron chi connectivity index (χ4n) is 2.63. The number of carbonyl (C=O) groups is 1. The first-order valence-electron chi connectivity index (χ1n) is 5.82. The van der Waals surface area contributed by atoms with E-state index in [4.69, 9.17) is 4.74 Å². The van der Waals surface area contributed by atoms with Crippen LogP contribution in [0, 0.1) is 0 Å². The third-order valence-corrected chi connectivity index (χ3v) is 3.57. The summed E-state index contributed by atoms with van der Waals surface area (Å²) in [5, 5.41) is 12.7. The Labute approximate surface area is 90.0 Å². The van der Waals surface area contributed by atoms with Crippen molar-refractivity contribution in [3.63, 3.8) is 0 Å². The maximum absolute atomic E-state index is 11.3. The quantitative estimate of drug-likeness (QED) is 0.738. The Kier molecular flexibility index (Phi) is 3.26. The topological polar surface area (TPSA) is 58.6 Å². The molecule has 86 valence electrons. The molecule has 2 fully saturated rings. The fourth-order valence-corrected chi connectivity index (χ4v) is 2.63. The van der Waals surface area contributed by atoms with Crippen LogP contribution in [0.4, 0.5) is 0 Å². The van der Waals surface area contributed by atoms with E-state index >= 15 is 0 Å². The largest absolute Gasteiger partial charge is 0.480 e. The summed E-state index contributed by atoms with van der Waals surface area (Å²) < 4.78 is 5.27. The average molecular weight is 213 g/mol. The van der Waals surface area contributed by atoms with Crippen molar-refractivity contribution >= 4 is 5.97 Å². The Morgan fingerprint density at radius 1 is 1.27 bits per heavy atom. The molecule has 0 atom stereocenters. The first-order chi connectivity index (χ1) is 7.23. The van der Waals surface area contributed by atoms with Crippen LogP contribution in [0.3, 0.4) is 0 Å². The standard InChI is InChI=1S/C11H19NO3/c13-10(14)11(5-1-2-6-11)12-9-3-7-15-8-4-9/h9,12H,1-8H2,(H,13,14). The molecule has 1 aliphatic heterocycles. The number of rotatable bonds is 3. The monoisotopic (exact) mass is 213 g/mol. The Balaban J connectivity index is 1.96. The molecular weight excluding hydrogens is 194 g/mol. The Morgan fingerprint density at radius 3 is 2.40 bits per heavy atom. The van der Waals surface area contributed by atoms with E-state index in [2.05, 4.69) is 5.32 Å². The number of hydrogen-bond acceptors (Lipinski definition) is 3. The van der Waals surface area contributed by atoms with Crippen molar-refractivity contribution in [1.29, 1.82) is 0 Å². The van der Waals surface area contributed by atoms with Crippen molar-refractivity contribution in [1.82, 2.24) is 5.32 Å². The zero-order valence-electron chi connectivity index (χ0n) is 9.00. The molecule has 1 saturated heterocycles. The molecule has 0 radical (unpaired) electrons. The lowest BCUT2D eigenvalue weighted by Crippen LogP contribution is -2.55. The van der Waals surface area contributed by atoms with E-state index in [9.17, 15) is 9.90 Å². The first-order valence-corrected chi connectivity index (χ1v) is 5.82. The van der Waals surface area contributed by atoms with Crippen LogP contribution in [0.15, 0.2) is 0 Å². The van der Waals surface area contributed by atoms with E-state index < -0.39 is 11.5 Å². The lowest BCUT2D eigenvalue weighted by Gasteiger charge is -2.33. The molecule has 2 rings (SSSR count). The number of hydrogen-bond donors (Lipinski definition) is 2. The summed E-state index contributed by atoms with van der Waals surface area (Å²) in [7, 11) is 0. The van der Waals surface area contributed by atoms with Crippen LogP contribution in [-0.4, -0.2) is 35.9 Å². The number of carboxylic acids is 1. The van der Waals surface area contributed by atoms with E-state index in [0.29, 0.717) is 6.04 Å². The van der Waals surface area contributed by atoms with Gasteiger partial charge in [0.05, 0.1) is 0 Å². The molecule has 1 saturated carbocycles. The van der Waals surface area contributed by atoms with Crippen LogP contribution < -0.4 is 5.32 Å². The molecule has 0 aromatic rings. The van der Waals surface area contributed by atoms with Gasteiger partial charge in [0, 0.05) is 19.3 Å². The van der Waals surface area contributed by atoms with Gasteiger partial charge in [0.2, 0.25) is 0 Å². The third-order valence-electron chi connectivity index (χ3n) is 3.57. The van der Waals surface area contributed by atoms with Crippen molar-refractivity contribution in [3.8, 4) is 0 Å². The second kappa shape index (κ2) is 4.49. The zero-order valence-corrected chi connectivity index (χ0v) is 9.00. The van der Waals surface area contributed by atoms with Gasteiger partial charge < -0.3 is 9.84 Å². The van der Waals surface area contributed by atoms with Crippen molar-refractivity contribution in [3.05, 3.63) is 0 Å². The average Bonchev–Trinajstić information content (AvgIpc) is 2.69. The van der Waals surface area contributed by atoms with Gasteiger partial charge in [-0.25, -0.2) is 0 Å². The molecule has 0 bridgehead atoms. The van der Waals surface area contributed by atoms with Crippen molar-refractivity contribution in [2.45, 2.75) is 50.1 Å². The second-order valence-electron chi connectivity index (χ2n) is 4.63. The highest BCUT2D eigenvalue weighted by Crippen LogP contribution is 2.31. The Bertz CT molecular complexity index is 230. The van der Waals surface area contributed by atoms with Crippen molar-refractivity contribution in [2.75, 3.05) is 13.2 Å². The van der Waals surface area contributed by atoms with Crippen LogP contribution in [-0.2, 0) is 9.53 Å². The molecule has 0 amide bonds. The van der Waals surface area contributed by atoms with Gasteiger partial charge in [0.15, 0.2) is 0 Å². The molecule has 1 aliphatic carbocycles. The van der Waals surface area contributed by atoms with Gasteiger partial charge in [-0.1, -0.05) is 12.8 Å². The molecule has 4 heteroatoms. The highest BCUT2D eigenvalue weighted by molar-refractivity contribution is 5.79. The van der Waals surface area contributed by atoms with Gasteiger partial charge in [-0.05, 0) is 25.7 Å². The molecule has 15 heavy (non-hydrogen) atoms. The van der Waals surface area contributed by atoms with E-state index in [-0.39, 0.29) is 0 Å². The third kappa shape index (κ3) is 2.32. The molecule has 0 aromatic heterocycles. The number of carboxylic acid groups (broad SMARTS) is 1. The lowest BCUT2D eigenvalue weighted by atomic mass is 9.94. The highest BCUT2D eigenvalue weighted by atomic mass is 16.5. The highest BCUT2D eigenvalue weighted by Gasteiger charge is 2.42. The van der Waals surface area contributed by atoms with Gasteiger partial charge in [-0.2, -0.15) is 0 Å². The van der Waals surface area contributed by atoms with Gasteiger partial charge in [-0.3, -0.25) is 10.1 Å². The molecule has 0 spiro atoms. The van der Waals surface area contributed by atoms with Gasteiger partial charge in [0.1, 0.15) is 5.54 Å². The first kappa shape index (κ1) is 10.9. The van der Waals surface area contributed by atoms with Crippen LogP contribution in [0.5, 0.6) is 0 Å². The summed E-state index contributed by atoms with van der Waals surface area (Å²) in [5.74, 6) is -0.675. The van der Waals surface area contributed by atoms with Crippen molar-refractivity contribution in [2.24, 2.45) is 0 Å². The summed E-state index contributed by atoms with van der Waals surface area (Å²) in [5.41, 5.74) is -0.637. The smallest absolute Gasteiger partial charge is 0.323 e. The molecule has 0 unspecified atom stereocenters. The maximum Gasteiger partial charge on any atom is 0.323 e. The minimum Gasteiger partial charge on any atom is -0.480 e.